The van der Waals surface area contributed by atoms with E-state index in [4.69, 9.17) is 0 Å². The van der Waals surface area contributed by atoms with Gasteiger partial charge in [0.05, 0.1) is 22.8 Å². The SMILES string of the molecule is O=C(CCCN1C(=O)c2ccccc2C1=O)NCc1cnn2ccccc12. The standard InChI is InChI=1S/C20H18N4O3/c25-18(21-12-14-13-22-24-11-4-3-8-17(14)24)9-5-10-23-19(26)15-6-1-2-7-16(15)20(23)27/h1-4,6-8,11,13H,5,9-10,12H2,(H,21,25). The van der Waals surface area contributed by atoms with Crippen LogP contribution in [0.15, 0.2) is 54.9 Å². The lowest BCUT2D eigenvalue weighted by molar-refractivity contribution is -0.121. The number of pyridine rings is 1. The van der Waals surface area contributed by atoms with Crippen LogP contribution in [0, 0.1) is 0 Å². The van der Waals surface area contributed by atoms with E-state index in [2.05, 4.69) is 10.4 Å². The molecule has 0 saturated heterocycles. The molecule has 0 aliphatic carbocycles. The van der Waals surface area contributed by atoms with Gasteiger partial charge >= 0.3 is 0 Å². The monoisotopic (exact) mass is 362 g/mol. The number of imide groups is 1. The summed E-state index contributed by atoms with van der Waals surface area (Å²) in [6, 6.07) is 12.5. The first kappa shape index (κ1) is 17.0. The number of nitrogens with one attached hydrogen (secondary N) is 1. The smallest absolute Gasteiger partial charge is 0.261 e. The zero-order chi connectivity index (χ0) is 18.8. The van der Waals surface area contributed by atoms with E-state index in [1.54, 1.807) is 35.0 Å². The van der Waals surface area contributed by atoms with E-state index in [1.807, 2.05) is 24.4 Å². The number of hydrogen-bond donors (Lipinski definition) is 1. The summed E-state index contributed by atoms with van der Waals surface area (Å²) in [6.07, 6.45) is 4.25. The minimum Gasteiger partial charge on any atom is -0.352 e. The van der Waals surface area contributed by atoms with Gasteiger partial charge in [0.2, 0.25) is 5.91 Å². The molecular weight excluding hydrogens is 344 g/mol. The van der Waals surface area contributed by atoms with E-state index in [0.717, 1.165) is 11.1 Å². The van der Waals surface area contributed by atoms with Crippen molar-refractivity contribution in [2.45, 2.75) is 19.4 Å². The summed E-state index contributed by atoms with van der Waals surface area (Å²) in [5.41, 5.74) is 2.74. The molecule has 2 aromatic heterocycles. The highest BCUT2D eigenvalue weighted by Gasteiger charge is 2.34. The number of carbonyl (C=O) groups excluding carboxylic acids is 3. The van der Waals surface area contributed by atoms with Crippen LogP contribution in [0.1, 0.15) is 39.1 Å². The molecule has 136 valence electrons. The van der Waals surface area contributed by atoms with Crippen molar-refractivity contribution in [2.75, 3.05) is 6.54 Å². The molecule has 27 heavy (non-hydrogen) atoms. The number of fused-ring (bicyclic) bond motifs is 2. The third-order valence-electron chi connectivity index (χ3n) is 4.65. The second kappa shape index (κ2) is 7.03. The summed E-state index contributed by atoms with van der Waals surface area (Å²) in [6.45, 7) is 0.621. The zero-order valence-corrected chi connectivity index (χ0v) is 14.6. The lowest BCUT2D eigenvalue weighted by Crippen LogP contribution is -2.32. The van der Waals surface area contributed by atoms with Crippen LogP contribution in [0.25, 0.3) is 5.52 Å². The normalized spacial score (nSPS) is 13.3. The molecule has 3 amide bonds. The Morgan fingerprint density at radius 2 is 1.70 bits per heavy atom. The zero-order valence-electron chi connectivity index (χ0n) is 14.6. The minimum absolute atomic E-state index is 0.123. The number of benzene rings is 1. The average Bonchev–Trinajstić information content (AvgIpc) is 3.21. The minimum atomic E-state index is -0.289. The topological polar surface area (TPSA) is 83.8 Å². The first-order valence-corrected chi connectivity index (χ1v) is 8.78. The quantitative estimate of drug-likeness (QED) is 0.680. The van der Waals surface area contributed by atoms with Gasteiger partial charge in [0.1, 0.15) is 0 Å². The van der Waals surface area contributed by atoms with E-state index in [1.165, 1.54) is 4.90 Å². The summed E-state index contributed by atoms with van der Waals surface area (Å²) in [7, 11) is 0. The summed E-state index contributed by atoms with van der Waals surface area (Å²) < 4.78 is 1.75. The molecule has 0 bridgehead atoms. The number of rotatable bonds is 6. The van der Waals surface area contributed by atoms with Crippen LogP contribution < -0.4 is 5.32 Å². The molecule has 4 rings (SSSR count). The number of amides is 3. The molecule has 1 aromatic carbocycles. The highest BCUT2D eigenvalue weighted by atomic mass is 16.2. The highest BCUT2D eigenvalue weighted by Crippen LogP contribution is 2.22. The molecule has 1 N–H and O–H groups in total. The summed E-state index contributed by atoms with van der Waals surface area (Å²) in [5, 5.41) is 7.09. The predicted octanol–water partition coefficient (Wildman–Crippen LogP) is 2.03. The van der Waals surface area contributed by atoms with Crippen LogP contribution in [0.5, 0.6) is 0 Å². The summed E-state index contributed by atoms with van der Waals surface area (Å²) in [5.74, 6) is -0.702. The van der Waals surface area contributed by atoms with E-state index in [-0.39, 0.29) is 30.7 Å². The molecule has 1 aliphatic rings. The molecular formula is C20H18N4O3. The first-order chi connectivity index (χ1) is 13.1. The maximum Gasteiger partial charge on any atom is 0.261 e. The molecule has 1 aliphatic heterocycles. The molecule has 0 unspecified atom stereocenters. The van der Waals surface area contributed by atoms with Gasteiger partial charge in [-0.25, -0.2) is 4.52 Å². The molecule has 0 saturated carbocycles. The lowest BCUT2D eigenvalue weighted by atomic mass is 10.1. The van der Waals surface area contributed by atoms with Gasteiger partial charge in [-0.15, -0.1) is 0 Å². The van der Waals surface area contributed by atoms with Gasteiger partial charge in [-0.1, -0.05) is 18.2 Å². The van der Waals surface area contributed by atoms with Gasteiger partial charge in [-0.05, 0) is 30.7 Å². The van der Waals surface area contributed by atoms with Crippen LogP contribution in [0.4, 0.5) is 0 Å². The summed E-state index contributed by atoms with van der Waals surface area (Å²) in [4.78, 5) is 37.9. The van der Waals surface area contributed by atoms with E-state index in [0.29, 0.717) is 24.1 Å². The fourth-order valence-electron chi connectivity index (χ4n) is 3.25. The van der Waals surface area contributed by atoms with Crippen molar-refractivity contribution >= 4 is 23.2 Å². The third-order valence-corrected chi connectivity index (χ3v) is 4.65. The Balaban J connectivity index is 1.28. The Bertz CT molecular complexity index is 1010. The van der Waals surface area contributed by atoms with Crippen LogP contribution in [0.3, 0.4) is 0 Å². The Labute approximate surface area is 155 Å². The maximum atomic E-state index is 12.3. The Hall–Kier alpha value is -3.48. The van der Waals surface area contributed by atoms with Crippen molar-refractivity contribution in [3.05, 3.63) is 71.5 Å². The number of aromatic nitrogens is 2. The van der Waals surface area contributed by atoms with Gasteiger partial charge in [0.25, 0.3) is 11.8 Å². The van der Waals surface area contributed by atoms with Crippen molar-refractivity contribution in [1.82, 2.24) is 19.8 Å². The largest absolute Gasteiger partial charge is 0.352 e. The second-order valence-corrected chi connectivity index (χ2v) is 6.39. The van der Waals surface area contributed by atoms with E-state index >= 15 is 0 Å². The van der Waals surface area contributed by atoms with Gasteiger partial charge in [0.15, 0.2) is 0 Å². The van der Waals surface area contributed by atoms with Gasteiger partial charge in [0, 0.05) is 31.3 Å². The highest BCUT2D eigenvalue weighted by molar-refractivity contribution is 6.21. The fourth-order valence-corrected chi connectivity index (χ4v) is 3.25. The van der Waals surface area contributed by atoms with Crippen LogP contribution >= 0.6 is 0 Å². The number of nitrogens with zero attached hydrogens (tertiary/aromatic N) is 3. The van der Waals surface area contributed by atoms with Gasteiger partial charge < -0.3 is 5.32 Å². The van der Waals surface area contributed by atoms with Gasteiger partial charge in [-0.3, -0.25) is 19.3 Å². The molecule has 7 nitrogen and oxygen atoms in total. The molecule has 3 heterocycles. The molecule has 0 fully saturated rings. The first-order valence-electron chi connectivity index (χ1n) is 8.78. The molecule has 0 atom stereocenters. The van der Waals surface area contributed by atoms with Gasteiger partial charge in [-0.2, -0.15) is 5.10 Å². The molecule has 7 heteroatoms. The van der Waals surface area contributed by atoms with Crippen molar-refractivity contribution in [2.24, 2.45) is 0 Å². The van der Waals surface area contributed by atoms with E-state index in [9.17, 15) is 14.4 Å². The third kappa shape index (κ3) is 3.19. The van der Waals surface area contributed by atoms with Crippen LogP contribution in [-0.4, -0.2) is 38.8 Å². The fraction of sp³-hybridized carbons (Fsp3) is 0.200. The van der Waals surface area contributed by atoms with Crippen molar-refractivity contribution < 1.29 is 14.4 Å². The Kier molecular flexibility index (Phi) is 4.42. The molecule has 3 aromatic rings. The van der Waals surface area contributed by atoms with E-state index < -0.39 is 0 Å². The predicted molar refractivity (Wildman–Crippen MR) is 98.1 cm³/mol. The lowest BCUT2D eigenvalue weighted by Gasteiger charge is -2.13. The van der Waals surface area contributed by atoms with Crippen molar-refractivity contribution in [3.8, 4) is 0 Å². The summed E-state index contributed by atoms with van der Waals surface area (Å²) >= 11 is 0. The molecule has 0 spiro atoms. The van der Waals surface area contributed by atoms with Crippen molar-refractivity contribution in [1.29, 1.82) is 0 Å². The van der Waals surface area contributed by atoms with Crippen molar-refractivity contribution in [3.63, 3.8) is 0 Å². The van der Waals surface area contributed by atoms with Crippen LogP contribution in [-0.2, 0) is 11.3 Å². The number of carbonyl (C=O) groups is 3. The maximum absolute atomic E-state index is 12.3. The Morgan fingerprint density at radius 3 is 2.44 bits per heavy atom. The van der Waals surface area contributed by atoms with Crippen LogP contribution in [0.2, 0.25) is 0 Å². The second-order valence-electron chi connectivity index (χ2n) is 6.39. The molecule has 0 radical (unpaired) electrons. The number of hydrogen-bond acceptors (Lipinski definition) is 4. The average molecular weight is 362 g/mol. The Morgan fingerprint density at radius 1 is 1.00 bits per heavy atom.